The van der Waals surface area contributed by atoms with E-state index in [0.29, 0.717) is 12.4 Å². The lowest BCUT2D eigenvalue weighted by Gasteiger charge is -2.20. The largest absolute Gasteiger partial charge is 0.462 e. The summed E-state index contributed by atoms with van der Waals surface area (Å²) < 4.78 is 4.55. The van der Waals surface area contributed by atoms with E-state index in [9.17, 15) is 4.79 Å². The minimum absolute atomic E-state index is 0.318. The first-order valence-corrected chi connectivity index (χ1v) is 7.79. The number of hydrogen-bond donors (Lipinski definition) is 2. The van der Waals surface area contributed by atoms with Gasteiger partial charge in [-0.25, -0.2) is 4.98 Å². The summed E-state index contributed by atoms with van der Waals surface area (Å²) in [5, 5.41) is 17.8. The number of oxime groups is 1. The number of nitrogens with one attached hydrogen (secondary N) is 1. The van der Waals surface area contributed by atoms with E-state index in [0.717, 1.165) is 31.6 Å². The lowest BCUT2D eigenvalue weighted by Crippen LogP contribution is -2.26. The molecule has 1 saturated heterocycles. The molecular formula is C14H23N3O3S. The van der Waals surface area contributed by atoms with Crippen molar-refractivity contribution >= 4 is 24.0 Å². The SMILES string of the molecule is CC(C)(C)OC=O.ON=Cc1csc(C2CCNCC2)n1. The molecule has 1 aliphatic rings. The first-order chi connectivity index (χ1) is 9.96. The summed E-state index contributed by atoms with van der Waals surface area (Å²) in [4.78, 5) is 14.0. The number of hydrogen-bond acceptors (Lipinski definition) is 7. The summed E-state index contributed by atoms with van der Waals surface area (Å²) in [6.45, 7) is 8.07. The number of carbonyl (C=O) groups excluding carboxylic acids is 1. The Kier molecular flexibility index (Phi) is 7.31. The zero-order valence-corrected chi connectivity index (χ0v) is 13.5. The van der Waals surface area contributed by atoms with Crippen LogP contribution in [-0.4, -0.2) is 41.6 Å². The van der Waals surface area contributed by atoms with Crippen LogP contribution in [-0.2, 0) is 9.53 Å². The Morgan fingerprint density at radius 2 is 2.14 bits per heavy atom. The van der Waals surface area contributed by atoms with Crippen LogP contribution in [0.5, 0.6) is 0 Å². The highest BCUT2D eigenvalue weighted by Crippen LogP contribution is 2.27. The van der Waals surface area contributed by atoms with Crippen molar-refractivity contribution in [3.05, 3.63) is 16.1 Å². The van der Waals surface area contributed by atoms with Crippen molar-refractivity contribution in [1.82, 2.24) is 10.3 Å². The number of nitrogens with zero attached hydrogens (tertiary/aromatic N) is 2. The maximum atomic E-state index is 9.60. The molecule has 1 aliphatic heterocycles. The second kappa shape index (κ2) is 8.74. The number of aromatic nitrogens is 1. The molecule has 1 fully saturated rings. The Morgan fingerprint density at radius 1 is 1.48 bits per heavy atom. The predicted octanol–water partition coefficient (Wildman–Crippen LogP) is 2.38. The molecule has 0 radical (unpaired) electrons. The third-order valence-corrected chi connectivity index (χ3v) is 3.85. The van der Waals surface area contributed by atoms with Crippen molar-refractivity contribution in [2.24, 2.45) is 5.16 Å². The van der Waals surface area contributed by atoms with Gasteiger partial charge >= 0.3 is 0 Å². The highest BCUT2D eigenvalue weighted by molar-refractivity contribution is 7.09. The zero-order valence-electron chi connectivity index (χ0n) is 12.7. The van der Waals surface area contributed by atoms with Crippen LogP contribution in [0.2, 0.25) is 0 Å². The highest BCUT2D eigenvalue weighted by atomic mass is 32.1. The lowest BCUT2D eigenvalue weighted by molar-refractivity contribution is -0.138. The molecule has 2 N–H and O–H groups in total. The molecule has 0 atom stereocenters. The highest BCUT2D eigenvalue weighted by Gasteiger charge is 2.17. The van der Waals surface area contributed by atoms with Gasteiger partial charge in [-0.05, 0) is 46.7 Å². The summed E-state index contributed by atoms with van der Waals surface area (Å²) in [6.07, 6.45) is 3.69. The average Bonchev–Trinajstić information content (AvgIpc) is 2.88. The van der Waals surface area contributed by atoms with Crippen molar-refractivity contribution in [3.63, 3.8) is 0 Å². The molecule has 0 bridgehead atoms. The molecule has 6 nitrogen and oxygen atoms in total. The van der Waals surface area contributed by atoms with Crippen LogP contribution in [0.3, 0.4) is 0 Å². The smallest absolute Gasteiger partial charge is 0.293 e. The van der Waals surface area contributed by atoms with Crippen LogP contribution in [0.15, 0.2) is 10.5 Å². The van der Waals surface area contributed by atoms with Crippen LogP contribution in [0.4, 0.5) is 0 Å². The fourth-order valence-corrected chi connectivity index (χ4v) is 2.76. The van der Waals surface area contributed by atoms with E-state index in [-0.39, 0.29) is 5.60 Å². The van der Waals surface area contributed by atoms with Crippen LogP contribution in [0.1, 0.15) is 50.2 Å². The van der Waals surface area contributed by atoms with Crippen LogP contribution in [0, 0.1) is 0 Å². The summed E-state index contributed by atoms with van der Waals surface area (Å²) in [5.41, 5.74) is 0.438. The van der Waals surface area contributed by atoms with Gasteiger partial charge in [-0.15, -0.1) is 11.3 Å². The van der Waals surface area contributed by atoms with Gasteiger partial charge in [0.1, 0.15) is 5.60 Å². The van der Waals surface area contributed by atoms with Crippen LogP contribution < -0.4 is 5.32 Å². The van der Waals surface area contributed by atoms with Gasteiger partial charge < -0.3 is 15.3 Å². The van der Waals surface area contributed by atoms with E-state index in [1.807, 2.05) is 26.2 Å². The number of ether oxygens (including phenoxy) is 1. The Hall–Kier alpha value is -1.47. The van der Waals surface area contributed by atoms with Gasteiger partial charge in [0, 0.05) is 11.3 Å². The van der Waals surface area contributed by atoms with E-state index in [1.54, 1.807) is 11.3 Å². The third kappa shape index (κ3) is 7.19. The third-order valence-electron chi connectivity index (χ3n) is 2.82. The van der Waals surface area contributed by atoms with Crippen molar-refractivity contribution in [2.75, 3.05) is 13.1 Å². The van der Waals surface area contributed by atoms with Crippen molar-refractivity contribution in [3.8, 4) is 0 Å². The number of piperidine rings is 1. The molecule has 118 valence electrons. The monoisotopic (exact) mass is 313 g/mol. The molecule has 1 aromatic heterocycles. The van der Waals surface area contributed by atoms with Gasteiger partial charge in [0.2, 0.25) is 0 Å². The fraction of sp³-hybridized carbons (Fsp3) is 0.643. The average molecular weight is 313 g/mol. The van der Waals surface area contributed by atoms with Gasteiger partial charge in [0.05, 0.1) is 16.9 Å². The quantitative estimate of drug-likeness (QED) is 0.387. The standard InChI is InChI=1S/C9H13N3OS.C5H10O2/c13-11-5-8-6-14-9(12-8)7-1-3-10-4-2-7;1-5(2,3)7-4-6/h5-7,10,13H,1-4H2;4H,1-3H3. The lowest BCUT2D eigenvalue weighted by atomic mass is 9.99. The van der Waals surface area contributed by atoms with E-state index in [4.69, 9.17) is 5.21 Å². The van der Waals surface area contributed by atoms with Gasteiger partial charge in [0.15, 0.2) is 0 Å². The van der Waals surface area contributed by atoms with Crippen molar-refractivity contribution in [2.45, 2.75) is 45.1 Å². The second-order valence-corrected chi connectivity index (χ2v) is 6.60. The van der Waals surface area contributed by atoms with Gasteiger partial charge in [-0.3, -0.25) is 4.79 Å². The Labute approximate surface area is 129 Å². The summed E-state index contributed by atoms with van der Waals surface area (Å²) in [7, 11) is 0. The first-order valence-electron chi connectivity index (χ1n) is 6.91. The Morgan fingerprint density at radius 3 is 2.62 bits per heavy atom. The van der Waals surface area contributed by atoms with Gasteiger partial charge in [0.25, 0.3) is 6.47 Å². The van der Waals surface area contributed by atoms with Gasteiger partial charge in [-0.2, -0.15) is 0 Å². The summed E-state index contributed by atoms with van der Waals surface area (Å²) >= 11 is 1.65. The predicted molar refractivity (Wildman–Crippen MR) is 83.2 cm³/mol. The first kappa shape index (κ1) is 17.6. The van der Waals surface area contributed by atoms with E-state index < -0.39 is 0 Å². The number of thiazole rings is 1. The molecule has 7 heteroatoms. The zero-order chi connectivity index (χ0) is 15.7. The molecule has 2 rings (SSSR count). The molecule has 0 amide bonds. The molecule has 0 aromatic carbocycles. The Balaban J connectivity index is 0.000000270. The molecule has 2 heterocycles. The summed E-state index contributed by atoms with van der Waals surface area (Å²) in [5.74, 6) is 0.585. The molecule has 0 unspecified atom stereocenters. The topological polar surface area (TPSA) is 83.8 Å². The fourth-order valence-electron chi connectivity index (χ4n) is 1.82. The maximum Gasteiger partial charge on any atom is 0.293 e. The Bertz CT molecular complexity index is 449. The molecule has 1 aromatic rings. The molecule has 21 heavy (non-hydrogen) atoms. The van der Waals surface area contributed by atoms with E-state index in [1.165, 1.54) is 11.2 Å². The maximum absolute atomic E-state index is 9.60. The molecule has 0 aliphatic carbocycles. The van der Waals surface area contributed by atoms with E-state index in [2.05, 4.69) is 20.2 Å². The molecule has 0 saturated carbocycles. The number of rotatable bonds is 3. The van der Waals surface area contributed by atoms with Gasteiger partial charge in [-0.1, -0.05) is 5.16 Å². The normalized spacial score (nSPS) is 16.3. The van der Waals surface area contributed by atoms with E-state index >= 15 is 0 Å². The minimum atomic E-state index is -0.318. The van der Waals surface area contributed by atoms with Crippen LogP contribution >= 0.6 is 11.3 Å². The number of carbonyl (C=O) groups is 1. The summed E-state index contributed by atoms with van der Waals surface area (Å²) in [6, 6.07) is 0. The molecule has 0 spiro atoms. The van der Waals surface area contributed by atoms with Crippen molar-refractivity contribution in [1.29, 1.82) is 0 Å². The second-order valence-electron chi connectivity index (χ2n) is 5.71. The molecular weight excluding hydrogens is 290 g/mol. The van der Waals surface area contributed by atoms with Crippen LogP contribution in [0.25, 0.3) is 0 Å². The minimum Gasteiger partial charge on any atom is -0.462 e. The van der Waals surface area contributed by atoms with Crippen molar-refractivity contribution < 1.29 is 14.7 Å².